The lowest BCUT2D eigenvalue weighted by atomic mass is 9.75. The van der Waals surface area contributed by atoms with Gasteiger partial charge in [-0.3, -0.25) is 4.79 Å². The Morgan fingerprint density at radius 1 is 1.24 bits per heavy atom. The monoisotopic (exact) mass is 394 g/mol. The fourth-order valence-corrected chi connectivity index (χ4v) is 4.81. The second-order valence-electron chi connectivity index (χ2n) is 8.59. The predicted molar refractivity (Wildman–Crippen MR) is 108 cm³/mol. The summed E-state index contributed by atoms with van der Waals surface area (Å²) < 4.78 is 5.30. The number of amides is 2. The molecule has 1 aliphatic carbocycles. The zero-order valence-electron chi connectivity index (χ0n) is 16.9. The van der Waals surface area contributed by atoms with Crippen molar-refractivity contribution in [1.29, 1.82) is 0 Å². The van der Waals surface area contributed by atoms with Gasteiger partial charge in [-0.1, -0.05) is 18.2 Å². The highest BCUT2D eigenvalue weighted by Crippen LogP contribution is 2.48. The Labute approximate surface area is 170 Å². The number of likely N-dealkylation sites (tertiary alicyclic amines) is 1. The van der Waals surface area contributed by atoms with E-state index in [4.69, 9.17) is 9.72 Å². The molecule has 1 fully saturated rings. The number of benzene rings is 1. The van der Waals surface area contributed by atoms with E-state index < -0.39 is 5.41 Å². The topological polar surface area (TPSA) is 78.5 Å². The van der Waals surface area contributed by atoms with Crippen molar-refractivity contribution in [3.05, 3.63) is 47.0 Å². The summed E-state index contributed by atoms with van der Waals surface area (Å²) in [5.74, 6) is 0.883. The van der Waals surface area contributed by atoms with Crippen LogP contribution in [0.25, 0.3) is 0 Å². The molecule has 1 aromatic carbocycles. The van der Waals surface area contributed by atoms with Crippen LogP contribution in [0.1, 0.15) is 49.5 Å². The van der Waals surface area contributed by atoms with E-state index in [0.717, 1.165) is 35.6 Å². The van der Waals surface area contributed by atoms with Gasteiger partial charge in [-0.2, -0.15) is 0 Å². The van der Waals surface area contributed by atoms with Gasteiger partial charge in [0.25, 0.3) is 0 Å². The Bertz CT molecular complexity index is 951. The minimum absolute atomic E-state index is 0.0432. The molecule has 2 aromatic rings. The average molecular weight is 394 g/mol. The maximum atomic E-state index is 13.5. The standard InChI is InChI=1S/C22H26N4O3/c1-14(2)29-21(28)25-12-22(13-25)15-7-3-6-10-18(15)26(20(22)27)11-19-23-16-8-4-5-9-17(16)24-19/h3,6-7,10,14H,4-5,8-9,11-13H2,1-2H3,(H,23,24). The fourth-order valence-electron chi connectivity index (χ4n) is 4.81. The summed E-state index contributed by atoms with van der Waals surface area (Å²) in [4.78, 5) is 37.4. The Balaban J connectivity index is 1.40. The van der Waals surface area contributed by atoms with Crippen molar-refractivity contribution in [2.75, 3.05) is 18.0 Å². The zero-order valence-corrected chi connectivity index (χ0v) is 16.9. The first kappa shape index (κ1) is 18.2. The molecule has 2 aliphatic heterocycles. The molecule has 0 radical (unpaired) electrons. The third kappa shape index (κ3) is 2.82. The number of hydrogen-bond acceptors (Lipinski definition) is 4. The molecule has 7 heteroatoms. The molecule has 0 saturated carbocycles. The molecule has 5 rings (SSSR count). The van der Waals surface area contributed by atoms with Gasteiger partial charge in [0.15, 0.2) is 0 Å². The van der Waals surface area contributed by atoms with Gasteiger partial charge < -0.3 is 19.5 Å². The highest BCUT2D eigenvalue weighted by molar-refractivity contribution is 6.09. The van der Waals surface area contributed by atoms with Gasteiger partial charge in [-0.15, -0.1) is 0 Å². The van der Waals surface area contributed by atoms with Gasteiger partial charge in [0, 0.05) is 24.5 Å². The maximum Gasteiger partial charge on any atom is 0.410 e. The van der Waals surface area contributed by atoms with Gasteiger partial charge >= 0.3 is 6.09 Å². The van der Waals surface area contributed by atoms with Crippen LogP contribution in [-0.4, -0.2) is 46.1 Å². The number of nitrogens with zero attached hydrogens (tertiary/aromatic N) is 3. The molecule has 2 amide bonds. The summed E-state index contributed by atoms with van der Waals surface area (Å²) in [6, 6.07) is 7.90. The van der Waals surface area contributed by atoms with E-state index in [1.54, 1.807) is 4.90 Å². The third-order valence-corrected chi connectivity index (χ3v) is 6.19. The largest absolute Gasteiger partial charge is 0.447 e. The molecule has 29 heavy (non-hydrogen) atoms. The molecule has 3 heterocycles. The second kappa shape index (κ2) is 6.61. The van der Waals surface area contributed by atoms with Gasteiger partial charge in [0.2, 0.25) is 5.91 Å². The van der Waals surface area contributed by atoms with Crippen molar-refractivity contribution in [2.24, 2.45) is 0 Å². The molecule has 1 spiro atoms. The average Bonchev–Trinajstić information content (AvgIpc) is 3.17. The Morgan fingerprint density at radius 3 is 2.76 bits per heavy atom. The number of aromatic amines is 1. The Hall–Kier alpha value is -2.83. The normalized spacial score (nSPS) is 19.3. The molecule has 1 saturated heterocycles. The number of rotatable bonds is 3. The zero-order chi connectivity index (χ0) is 20.2. The smallest absolute Gasteiger partial charge is 0.410 e. The summed E-state index contributed by atoms with van der Waals surface area (Å²) >= 11 is 0. The van der Waals surface area contributed by atoms with Crippen LogP contribution in [0, 0.1) is 0 Å². The van der Waals surface area contributed by atoms with E-state index in [1.807, 2.05) is 43.0 Å². The van der Waals surface area contributed by atoms with E-state index in [-0.39, 0.29) is 18.1 Å². The first-order valence-electron chi connectivity index (χ1n) is 10.4. The SMILES string of the molecule is CC(C)OC(=O)N1CC2(C1)C(=O)N(Cc1nc3c([nH]1)CCCC3)c1ccccc12. The molecule has 0 unspecified atom stereocenters. The number of aromatic nitrogens is 2. The first-order valence-corrected chi connectivity index (χ1v) is 10.4. The van der Waals surface area contributed by atoms with Gasteiger partial charge in [-0.25, -0.2) is 9.78 Å². The molecule has 152 valence electrons. The highest BCUT2D eigenvalue weighted by atomic mass is 16.6. The van der Waals surface area contributed by atoms with Crippen LogP contribution in [0.5, 0.6) is 0 Å². The number of anilines is 1. The predicted octanol–water partition coefficient (Wildman–Crippen LogP) is 2.93. The number of imidazole rings is 1. The Morgan fingerprint density at radius 2 is 2.00 bits per heavy atom. The first-order chi connectivity index (χ1) is 14.0. The van der Waals surface area contributed by atoms with E-state index in [9.17, 15) is 9.59 Å². The molecule has 7 nitrogen and oxygen atoms in total. The van der Waals surface area contributed by atoms with Crippen molar-refractivity contribution in [2.45, 2.75) is 57.6 Å². The van der Waals surface area contributed by atoms with Crippen LogP contribution < -0.4 is 4.90 Å². The summed E-state index contributed by atoms with van der Waals surface area (Å²) in [6.07, 6.45) is 3.87. The summed E-state index contributed by atoms with van der Waals surface area (Å²) in [7, 11) is 0. The van der Waals surface area contributed by atoms with Crippen LogP contribution in [0.3, 0.4) is 0 Å². The summed E-state index contributed by atoms with van der Waals surface area (Å²) in [5.41, 5.74) is 3.61. The quantitative estimate of drug-likeness (QED) is 0.868. The van der Waals surface area contributed by atoms with Crippen LogP contribution in [-0.2, 0) is 34.3 Å². The van der Waals surface area contributed by atoms with E-state index in [2.05, 4.69) is 4.98 Å². The van der Waals surface area contributed by atoms with Crippen LogP contribution in [0.15, 0.2) is 24.3 Å². The number of carbonyl (C=O) groups excluding carboxylic acids is 2. The molecular formula is C22H26N4O3. The van der Waals surface area contributed by atoms with Crippen LogP contribution in [0.2, 0.25) is 0 Å². The number of para-hydroxylation sites is 1. The van der Waals surface area contributed by atoms with E-state index >= 15 is 0 Å². The molecule has 1 N–H and O–H groups in total. The lowest BCUT2D eigenvalue weighted by molar-refractivity contribution is -0.128. The number of hydrogen-bond donors (Lipinski definition) is 1. The maximum absolute atomic E-state index is 13.5. The fraction of sp³-hybridized carbons (Fsp3) is 0.500. The summed E-state index contributed by atoms with van der Waals surface area (Å²) in [6.45, 7) is 4.81. The van der Waals surface area contributed by atoms with E-state index in [1.165, 1.54) is 18.5 Å². The van der Waals surface area contributed by atoms with E-state index in [0.29, 0.717) is 19.6 Å². The molecule has 0 bridgehead atoms. The number of ether oxygens (including phenoxy) is 1. The van der Waals surface area contributed by atoms with Gasteiger partial charge in [0.05, 0.1) is 18.3 Å². The van der Waals surface area contributed by atoms with Crippen molar-refractivity contribution in [3.63, 3.8) is 0 Å². The van der Waals surface area contributed by atoms with Crippen molar-refractivity contribution >= 4 is 17.7 Å². The van der Waals surface area contributed by atoms with Crippen molar-refractivity contribution < 1.29 is 14.3 Å². The summed E-state index contributed by atoms with van der Waals surface area (Å²) in [5, 5.41) is 0. The number of fused-ring (bicyclic) bond motifs is 3. The molecule has 1 aromatic heterocycles. The second-order valence-corrected chi connectivity index (χ2v) is 8.59. The molecular weight excluding hydrogens is 368 g/mol. The minimum Gasteiger partial charge on any atom is -0.447 e. The van der Waals surface area contributed by atoms with Crippen molar-refractivity contribution in [3.8, 4) is 0 Å². The minimum atomic E-state index is -0.668. The van der Waals surface area contributed by atoms with Crippen molar-refractivity contribution in [1.82, 2.24) is 14.9 Å². The van der Waals surface area contributed by atoms with Crippen LogP contribution >= 0.6 is 0 Å². The Kier molecular flexibility index (Phi) is 4.15. The molecule has 3 aliphatic rings. The lowest BCUT2D eigenvalue weighted by Crippen LogP contribution is -2.65. The number of H-pyrrole nitrogens is 1. The molecule has 0 atom stereocenters. The highest BCUT2D eigenvalue weighted by Gasteiger charge is 2.59. The lowest BCUT2D eigenvalue weighted by Gasteiger charge is -2.46. The van der Waals surface area contributed by atoms with Gasteiger partial charge in [-0.05, 0) is 51.2 Å². The third-order valence-electron chi connectivity index (χ3n) is 6.19. The van der Waals surface area contributed by atoms with Crippen LogP contribution in [0.4, 0.5) is 10.5 Å². The number of aryl methyl sites for hydroxylation is 2. The van der Waals surface area contributed by atoms with Gasteiger partial charge in [0.1, 0.15) is 11.2 Å². The number of carbonyl (C=O) groups is 2. The number of nitrogens with one attached hydrogen (secondary N) is 1.